The smallest absolute Gasteiger partial charge is 0.316 e. The van der Waals surface area contributed by atoms with Crippen LogP contribution < -0.4 is 4.90 Å². The van der Waals surface area contributed by atoms with Gasteiger partial charge in [-0.15, -0.1) is 0 Å². The number of amides is 2. The number of nitrogens with zero attached hydrogens (tertiary/aromatic N) is 5. The van der Waals surface area contributed by atoms with E-state index < -0.39 is 0 Å². The number of hydrogen-bond acceptors (Lipinski definition) is 6. The molecule has 2 amide bonds. The lowest BCUT2D eigenvalue weighted by atomic mass is 9.98. The van der Waals surface area contributed by atoms with Crippen LogP contribution in [0.25, 0.3) is 11.4 Å². The van der Waals surface area contributed by atoms with E-state index in [2.05, 4.69) is 34.1 Å². The largest absolute Gasteiger partial charge is 0.372 e. The maximum Gasteiger partial charge on any atom is 0.316 e. The number of rotatable bonds is 4. The number of anilines is 1. The van der Waals surface area contributed by atoms with Gasteiger partial charge in [0, 0.05) is 61.1 Å². The molecule has 0 atom stereocenters. The second kappa shape index (κ2) is 10.1. The molecule has 3 heterocycles. The van der Waals surface area contributed by atoms with Crippen molar-refractivity contribution in [3.05, 3.63) is 65.0 Å². The van der Waals surface area contributed by atoms with Crippen LogP contribution in [0.1, 0.15) is 40.8 Å². The van der Waals surface area contributed by atoms with Crippen molar-refractivity contribution < 1.29 is 14.1 Å². The lowest BCUT2D eigenvalue weighted by Gasteiger charge is -2.34. The molecule has 2 aliphatic heterocycles. The topological polar surface area (TPSA) is 82.8 Å². The molecule has 182 valence electrons. The Hall–Kier alpha value is -3.39. The SMILES string of the molecule is CC1CCN(c2ccc(-c3noc(C(=O)N4CCN(C(=O)c5ccc(Cl)cc5)CC4)n3)cc2)CC1. The van der Waals surface area contributed by atoms with Crippen LogP contribution in [-0.4, -0.2) is 71.0 Å². The van der Waals surface area contributed by atoms with E-state index in [1.807, 2.05) is 12.1 Å². The predicted octanol–water partition coefficient (Wildman–Crippen LogP) is 4.22. The fourth-order valence-electron chi connectivity index (χ4n) is 4.54. The zero-order valence-electron chi connectivity index (χ0n) is 19.7. The van der Waals surface area contributed by atoms with Crippen molar-refractivity contribution >= 4 is 29.1 Å². The Morgan fingerprint density at radius 3 is 2.09 bits per heavy atom. The first kappa shape index (κ1) is 23.4. The predicted molar refractivity (Wildman–Crippen MR) is 134 cm³/mol. The van der Waals surface area contributed by atoms with E-state index in [-0.39, 0.29) is 17.7 Å². The van der Waals surface area contributed by atoms with Gasteiger partial charge in [0.25, 0.3) is 5.91 Å². The minimum Gasteiger partial charge on any atom is -0.372 e. The van der Waals surface area contributed by atoms with Gasteiger partial charge in [-0.2, -0.15) is 4.98 Å². The van der Waals surface area contributed by atoms with E-state index in [1.165, 1.54) is 18.5 Å². The highest BCUT2D eigenvalue weighted by Gasteiger charge is 2.28. The van der Waals surface area contributed by atoms with Crippen molar-refractivity contribution in [1.29, 1.82) is 0 Å². The van der Waals surface area contributed by atoms with Gasteiger partial charge < -0.3 is 19.2 Å². The molecule has 2 aliphatic rings. The number of hydrogen-bond donors (Lipinski definition) is 0. The van der Waals surface area contributed by atoms with Gasteiger partial charge in [0.05, 0.1) is 0 Å². The summed E-state index contributed by atoms with van der Waals surface area (Å²) in [6.45, 7) is 6.12. The molecule has 5 rings (SSSR count). The van der Waals surface area contributed by atoms with Gasteiger partial charge in [-0.25, -0.2) is 0 Å². The molecule has 0 spiro atoms. The minimum atomic E-state index is -0.318. The summed E-state index contributed by atoms with van der Waals surface area (Å²) in [7, 11) is 0. The van der Waals surface area contributed by atoms with Crippen LogP contribution in [0.4, 0.5) is 5.69 Å². The molecule has 0 bridgehead atoms. The maximum atomic E-state index is 12.9. The normalized spacial score (nSPS) is 17.0. The van der Waals surface area contributed by atoms with Crippen LogP contribution in [0.5, 0.6) is 0 Å². The minimum absolute atomic E-state index is 0.0356. The van der Waals surface area contributed by atoms with Crippen LogP contribution in [0.3, 0.4) is 0 Å². The van der Waals surface area contributed by atoms with Crippen molar-refractivity contribution in [3.63, 3.8) is 0 Å². The van der Waals surface area contributed by atoms with Crippen molar-refractivity contribution in [2.24, 2.45) is 5.92 Å². The van der Waals surface area contributed by atoms with E-state index in [9.17, 15) is 9.59 Å². The van der Waals surface area contributed by atoms with Crippen LogP contribution in [-0.2, 0) is 0 Å². The van der Waals surface area contributed by atoms with Crippen molar-refractivity contribution in [2.45, 2.75) is 19.8 Å². The highest BCUT2D eigenvalue weighted by Crippen LogP contribution is 2.26. The van der Waals surface area contributed by atoms with Crippen molar-refractivity contribution in [3.8, 4) is 11.4 Å². The summed E-state index contributed by atoms with van der Waals surface area (Å²) in [5, 5.41) is 4.61. The highest BCUT2D eigenvalue weighted by molar-refractivity contribution is 6.30. The van der Waals surface area contributed by atoms with Crippen LogP contribution in [0.2, 0.25) is 5.02 Å². The molecule has 0 saturated carbocycles. The van der Waals surface area contributed by atoms with Gasteiger partial charge in [-0.3, -0.25) is 9.59 Å². The number of aromatic nitrogens is 2. The van der Waals surface area contributed by atoms with Crippen molar-refractivity contribution in [1.82, 2.24) is 19.9 Å². The number of carbonyl (C=O) groups is 2. The Morgan fingerprint density at radius 2 is 1.46 bits per heavy atom. The first-order chi connectivity index (χ1) is 17.0. The second-order valence-corrected chi connectivity index (χ2v) is 9.67. The highest BCUT2D eigenvalue weighted by atomic mass is 35.5. The zero-order chi connectivity index (χ0) is 24.4. The zero-order valence-corrected chi connectivity index (χ0v) is 20.4. The number of halogens is 1. The summed E-state index contributed by atoms with van der Waals surface area (Å²) >= 11 is 5.91. The summed E-state index contributed by atoms with van der Waals surface area (Å²) in [6.07, 6.45) is 2.42. The average Bonchev–Trinajstić information content (AvgIpc) is 3.39. The lowest BCUT2D eigenvalue weighted by molar-refractivity contribution is 0.0508. The molecule has 1 aromatic heterocycles. The summed E-state index contributed by atoms with van der Waals surface area (Å²) in [6, 6.07) is 14.9. The van der Waals surface area contributed by atoms with E-state index in [4.69, 9.17) is 16.1 Å². The van der Waals surface area contributed by atoms with E-state index in [1.54, 1.807) is 34.1 Å². The van der Waals surface area contributed by atoms with Gasteiger partial charge >= 0.3 is 11.8 Å². The number of carbonyl (C=O) groups excluding carboxylic acids is 2. The monoisotopic (exact) mass is 493 g/mol. The Kier molecular flexibility index (Phi) is 6.72. The Labute approximate surface area is 209 Å². The Bertz CT molecular complexity index is 1180. The first-order valence-corrected chi connectivity index (χ1v) is 12.4. The summed E-state index contributed by atoms with van der Waals surface area (Å²) < 4.78 is 5.29. The first-order valence-electron chi connectivity index (χ1n) is 12.0. The molecule has 0 aliphatic carbocycles. The van der Waals surface area contributed by atoms with Gasteiger partial charge in [-0.05, 0) is 67.3 Å². The molecule has 2 aromatic carbocycles. The third kappa shape index (κ3) is 5.17. The quantitative estimate of drug-likeness (QED) is 0.541. The molecule has 9 heteroatoms. The van der Waals surface area contributed by atoms with Crippen LogP contribution >= 0.6 is 11.6 Å². The average molecular weight is 494 g/mol. The molecule has 0 N–H and O–H groups in total. The maximum absolute atomic E-state index is 12.9. The number of piperidine rings is 1. The Morgan fingerprint density at radius 1 is 0.857 bits per heavy atom. The van der Waals surface area contributed by atoms with E-state index >= 15 is 0 Å². The van der Waals surface area contributed by atoms with Gasteiger partial charge in [0.2, 0.25) is 5.82 Å². The fourth-order valence-corrected chi connectivity index (χ4v) is 4.66. The molecule has 35 heavy (non-hydrogen) atoms. The fraction of sp³-hybridized carbons (Fsp3) is 0.385. The van der Waals surface area contributed by atoms with Gasteiger partial charge in [0.15, 0.2) is 0 Å². The third-order valence-corrected chi connectivity index (χ3v) is 7.08. The molecule has 0 radical (unpaired) electrons. The van der Waals surface area contributed by atoms with Crippen LogP contribution in [0.15, 0.2) is 53.1 Å². The molecular weight excluding hydrogens is 466 g/mol. The van der Waals surface area contributed by atoms with E-state index in [0.29, 0.717) is 42.6 Å². The lowest BCUT2D eigenvalue weighted by Crippen LogP contribution is -2.50. The number of benzene rings is 2. The van der Waals surface area contributed by atoms with Gasteiger partial charge in [-0.1, -0.05) is 23.7 Å². The summed E-state index contributed by atoms with van der Waals surface area (Å²) in [5.41, 5.74) is 2.57. The third-order valence-electron chi connectivity index (χ3n) is 6.83. The van der Waals surface area contributed by atoms with Gasteiger partial charge in [0.1, 0.15) is 0 Å². The molecule has 0 unspecified atom stereocenters. The Balaban J connectivity index is 1.18. The molecular formula is C26H28ClN5O3. The van der Waals surface area contributed by atoms with Crippen molar-refractivity contribution in [2.75, 3.05) is 44.2 Å². The molecule has 2 saturated heterocycles. The molecule has 3 aromatic rings. The summed E-state index contributed by atoms with van der Waals surface area (Å²) in [4.78, 5) is 35.7. The number of piperazine rings is 1. The molecule has 8 nitrogen and oxygen atoms in total. The summed E-state index contributed by atoms with van der Waals surface area (Å²) in [5.74, 6) is 0.751. The second-order valence-electron chi connectivity index (χ2n) is 9.23. The van der Waals surface area contributed by atoms with Crippen LogP contribution in [0, 0.1) is 5.92 Å². The van der Waals surface area contributed by atoms with E-state index in [0.717, 1.165) is 24.6 Å². The molecule has 2 fully saturated rings. The standard InChI is InChI=1S/C26H28ClN5O3/c1-18-10-12-30(13-11-18)22-8-4-19(5-9-22)23-28-24(35-29-23)26(34)32-16-14-31(15-17-32)25(33)20-2-6-21(27)7-3-20/h2-9,18H,10-17H2,1H3.